The number of rotatable bonds is 5. The van der Waals surface area contributed by atoms with Crippen LogP contribution < -0.4 is 5.32 Å². The molecule has 0 aromatic rings. The summed E-state index contributed by atoms with van der Waals surface area (Å²) in [6, 6.07) is 0. The van der Waals surface area contributed by atoms with Crippen LogP contribution in [0.15, 0.2) is 0 Å². The van der Waals surface area contributed by atoms with E-state index >= 15 is 0 Å². The largest absolute Gasteiger partial charge is 0.391 e. The van der Waals surface area contributed by atoms with Gasteiger partial charge in [0.25, 0.3) is 0 Å². The zero-order valence-electron chi connectivity index (χ0n) is 10.8. The molecule has 0 radical (unpaired) electrons. The number of carbonyl (C=O) groups is 1. The van der Waals surface area contributed by atoms with Gasteiger partial charge < -0.3 is 10.4 Å². The molecule has 1 aliphatic carbocycles. The second-order valence-electron chi connectivity index (χ2n) is 5.62. The SMILES string of the molecule is CCCC(O)CNC(=O)C1CCCC1(C)C. The van der Waals surface area contributed by atoms with Crippen LogP contribution in [0.2, 0.25) is 0 Å². The van der Waals surface area contributed by atoms with Gasteiger partial charge in [0.15, 0.2) is 0 Å². The first-order valence-corrected chi connectivity index (χ1v) is 6.43. The first-order valence-electron chi connectivity index (χ1n) is 6.43. The normalized spacial score (nSPS) is 25.4. The van der Waals surface area contributed by atoms with E-state index in [4.69, 9.17) is 0 Å². The second-order valence-corrected chi connectivity index (χ2v) is 5.62. The molecule has 3 heteroatoms. The third kappa shape index (κ3) is 3.48. The zero-order valence-corrected chi connectivity index (χ0v) is 10.8. The number of hydrogen-bond donors (Lipinski definition) is 2. The van der Waals surface area contributed by atoms with Crippen molar-refractivity contribution in [3.8, 4) is 0 Å². The molecular weight excluding hydrogens is 202 g/mol. The van der Waals surface area contributed by atoms with Gasteiger partial charge in [-0.25, -0.2) is 0 Å². The fraction of sp³-hybridized carbons (Fsp3) is 0.923. The molecule has 0 aromatic heterocycles. The van der Waals surface area contributed by atoms with Crippen LogP contribution in [0.3, 0.4) is 0 Å². The lowest BCUT2D eigenvalue weighted by atomic mass is 9.81. The molecule has 0 aliphatic heterocycles. The highest BCUT2D eigenvalue weighted by atomic mass is 16.3. The highest BCUT2D eigenvalue weighted by molar-refractivity contribution is 5.79. The fourth-order valence-corrected chi connectivity index (χ4v) is 2.59. The van der Waals surface area contributed by atoms with E-state index in [0.29, 0.717) is 6.54 Å². The highest BCUT2D eigenvalue weighted by Gasteiger charge is 2.39. The van der Waals surface area contributed by atoms with Crippen LogP contribution in [0, 0.1) is 11.3 Å². The standard InChI is InChI=1S/C13H25NO2/c1-4-6-10(15)9-14-12(16)11-7-5-8-13(11,2)3/h10-11,15H,4-9H2,1-3H3,(H,14,16). The summed E-state index contributed by atoms with van der Waals surface area (Å²) >= 11 is 0. The van der Waals surface area contributed by atoms with Gasteiger partial charge in [-0.2, -0.15) is 0 Å². The highest BCUT2D eigenvalue weighted by Crippen LogP contribution is 2.42. The van der Waals surface area contributed by atoms with Crippen LogP contribution >= 0.6 is 0 Å². The van der Waals surface area contributed by atoms with Crippen LogP contribution in [0.5, 0.6) is 0 Å². The molecule has 1 rings (SSSR count). The number of nitrogens with one attached hydrogen (secondary N) is 1. The van der Waals surface area contributed by atoms with E-state index in [0.717, 1.165) is 32.1 Å². The van der Waals surface area contributed by atoms with Crippen molar-refractivity contribution in [2.24, 2.45) is 11.3 Å². The van der Waals surface area contributed by atoms with Crippen molar-refractivity contribution in [2.45, 2.75) is 59.0 Å². The van der Waals surface area contributed by atoms with Crippen molar-refractivity contribution in [1.29, 1.82) is 0 Å². The summed E-state index contributed by atoms with van der Waals surface area (Å²) in [5.74, 6) is 0.249. The average molecular weight is 227 g/mol. The quantitative estimate of drug-likeness (QED) is 0.755. The third-order valence-electron chi connectivity index (χ3n) is 3.71. The van der Waals surface area contributed by atoms with Crippen molar-refractivity contribution in [2.75, 3.05) is 6.54 Å². The van der Waals surface area contributed by atoms with Crippen LogP contribution in [0.4, 0.5) is 0 Å². The van der Waals surface area contributed by atoms with Crippen LogP contribution in [-0.2, 0) is 4.79 Å². The number of hydrogen-bond acceptors (Lipinski definition) is 2. The van der Waals surface area contributed by atoms with E-state index in [1.165, 1.54) is 0 Å². The van der Waals surface area contributed by atoms with E-state index in [2.05, 4.69) is 19.2 Å². The molecule has 1 aliphatic rings. The molecule has 0 aromatic carbocycles. The molecular formula is C13H25NO2. The summed E-state index contributed by atoms with van der Waals surface area (Å²) < 4.78 is 0. The van der Waals surface area contributed by atoms with Gasteiger partial charge in [-0.15, -0.1) is 0 Å². The molecule has 1 amide bonds. The van der Waals surface area contributed by atoms with Gasteiger partial charge in [-0.3, -0.25) is 4.79 Å². The van der Waals surface area contributed by atoms with Gasteiger partial charge in [-0.05, 0) is 24.7 Å². The van der Waals surface area contributed by atoms with Gasteiger partial charge in [0.1, 0.15) is 0 Å². The minimum Gasteiger partial charge on any atom is -0.391 e. The Hall–Kier alpha value is -0.570. The Morgan fingerprint density at radius 3 is 2.75 bits per heavy atom. The van der Waals surface area contributed by atoms with Gasteiger partial charge in [0.05, 0.1) is 6.10 Å². The van der Waals surface area contributed by atoms with Crippen LogP contribution in [-0.4, -0.2) is 23.7 Å². The molecule has 2 atom stereocenters. The summed E-state index contributed by atoms with van der Waals surface area (Å²) in [6.45, 7) is 6.75. The lowest BCUT2D eigenvalue weighted by Crippen LogP contribution is -2.39. The van der Waals surface area contributed by atoms with E-state index < -0.39 is 6.10 Å². The minimum absolute atomic E-state index is 0.123. The minimum atomic E-state index is -0.390. The molecule has 0 bridgehead atoms. The Kier molecular flexibility index (Phi) is 4.78. The Balaban J connectivity index is 2.35. The van der Waals surface area contributed by atoms with Gasteiger partial charge in [0.2, 0.25) is 5.91 Å². The van der Waals surface area contributed by atoms with Crippen molar-refractivity contribution in [3.05, 3.63) is 0 Å². The molecule has 0 saturated heterocycles. The molecule has 2 unspecified atom stereocenters. The molecule has 1 saturated carbocycles. The van der Waals surface area contributed by atoms with Gasteiger partial charge in [0, 0.05) is 12.5 Å². The first-order chi connectivity index (χ1) is 7.47. The topological polar surface area (TPSA) is 49.3 Å². The smallest absolute Gasteiger partial charge is 0.223 e. The molecule has 0 heterocycles. The predicted molar refractivity (Wildman–Crippen MR) is 65.0 cm³/mol. The summed E-state index contributed by atoms with van der Waals surface area (Å²) in [5.41, 5.74) is 0.125. The Bertz CT molecular complexity index is 238. The van der Waals surface area contributed by atoms with Crippen molar-refractivity contribution in [3.63, 3.8) is 0 Å². The maximum Gasteiger partial charge on any atom is 0.223 e. The Labute approximate surface area is 98.6 Å². The first kappa shape index (κ1) is 13.5. The average Bonchev–Trinajstić information content (AvgIpc) is 2.55. The van der Waals surface area contributed by atoms with E-state index in [9.17, 15) is 9.90 Å². The van der Waals surface area contributed by atoms with Crippen molar-refractivity contribution < 1.29 is 9.90 Å². The predicted octanol–water partition coefficient (Wildman–Crippen LogP) is 2.09. The van der Waals surface area contributed by atoms with Crippen LogP contribution in [0.1, 0.15) is 52.9 Å². The summed E-state index contributed by atoms with van der Waals surface area (Å²) in [7, 11) is 0. The lowest BCUT2D eigenvalue weighted by molar-refractivity contribution is -0.128. The number of aliphatic hydroxyl groups is 1. The maximum atomic E-state index is 11.9. The van der Waals surface area contributed by atoms with E-state index in [1.54, 1.807) is 0 Å². The molecule has 16 heavy (non-hydrogen) atoms. The van der Waals surface area contributed by atoms with Crippen molar-refractivity contribution >= 4 is 5.91 Å². The van der Waals surface area contributed by atoms with Gasteiger partial charge in [-0.1, -0.05) is 33.6 Å². The van der Waals surface area contributed by atoms with E-state index in [-0.39, 0.29) is 17.2 Å². The van der Waals surface area contributed by atoms with E-state index in [1.807, 2.05) is 6.92 Å². The zero-order chi connectivity index (χ0) is 12.2. The second kappa shape index (κ2) is 5.67. The number of carbonyl (C=O) groups excluding carboxylic acids is 1. The van der Waals surface area contributed by atoms with Crippen LogP contribution in [0.25, 0.3) is 0 Å². The fourth-order valence-electron chi connectivity index (χ4n) is 2.59. The molecule has 3 nitrogen and oxygen atoms in total. The summed E-state index contributed by atoms with van der Waals surface area (Å²) in [6.07, 6.45) is 4.58. The number of aliphatic hydroxyl groups excluding tert-OH is 1. The monoisotopic (exact) mass is 227 g/mol. The molecule has 94 valence electrons. The Morgan fingerprint density at radius 1 is 1.56 bits per heavy atom. The lowest BCUT2D eigenvalue weighted by Gasteiger charge is -2.26. The molecule has 2 N–H and O–H groups in total. The molecule has 1 fully saturated rings. The summed E-state index contributed by atoms with van der Waals surface area (Å²) in [5, 5.41) is 12.4. The maximum absolute atomic E-state index is 11.9. The number of amides is 1. The third-order valence-corrected chi connectivity index (χ3v) is 3.71. The Morgan fingerprint density at radius 2 is 2.25 bits per heavy atom. The molecule has 0 spiro atoms. The van der Waals surface area contributed by atoms with Crippen molar-refractivity contribution in [1.82, 2.24) is 5.32 Å². The van der Waals surface area contributed by atoms with Gasteiger partial charge >= 0.3 is 0 Å². The summed E-state index contributed by atoms with van der Waals surface area (Å²) in [4.78, 5) is 11.9.